The minimum Gasteiger partial charge on any atom is -0.480 e. The van der Waals surface area contributed by atoms with E-state index in [2.05, 4.69) is 32.6 Å². The molecule has 14 heavy (non-hydrogen) atoms. The summed E-state index contributed by atoms with van der Waals surface area (Å²) < 4.78 is 6.05. The van der Waals surface area contributed by atoms with Crippen molar-refractivity contribution >= 4 is 33.5 Å². The van der Waals surface area contributed by atoms with E-state index in [0.29, 0.717) is 5.88 Å². The van der Waals surface area contributed by atoms with Crippen LogP contribution in [0.2, 0.25) is 0 Å². The van der Waals surface area contributed by atoms with Gasteiger partial charge in [-0.1, -0.05) is 6.07 Å². The number of H-pyrrole nitrogens is 1. The van der Waals surface area contributed by atoms with Crippen molar-refractivity contribution in [3.05, 3.63) is 32.3 Å². The Balaban J connectivity index is 2.96. The first-order valence-corrected chi connectivity index (χ1v) is 5.03. The molecule has 1 aromatic carbocycles. The van der Waals surface area contributed by atoms with Crippen LogP contribution in [0, 0.1) is 3.57 Å². The molecule has 5 heteroatoms. The standard InChI is InChI=1S/C9H7IN2O2/c1-14-8-7-5(10)3-2-4-6(7)11-9(13)12-8/h2-4H,1H3,(H,11,12,13). The van der Waals surface area contributed by atoms with E-state index < -0.39 is 5.69 Å². The third kappa shape index (κ3) is 1.47. The van der Waals surface area contributed by atoms with E-state index in [1.807, 2.05) is 18.2 Å². The zero-order valence-electron chi connectivity index (χ0n) is 7.37. The molecule has 1 heterocycles. The second-order valence-electron chi connectivity index (χ2n) is 2.71. The minimum atomic E-state index is -0.392. The van der Waals surface area contributed by atoms with Gasteiger partial charge in [0.15, 0.2) is 0 Å². The molecule has 0 aliphatic rings. The molecule has 0 saturated carbocycles. The Bertz CT molecular complexity index is 536. The summed E-state index contributed by atoms with van der Waals surface area (Å²) in [5.41, 5.74) is 0.352. The molecule has 1 aromatic heterocycles. The number of methoxy groups -OCH3 is 1. The number of fused-ring (bicyclic) bond motifs is 1. The van der Waals surface area contributed by atoms with E-state index in [1.165, 1.54) is 7.11 Å². The second-order valence-corrected chi connectivity index (χ2v) is 3.88. The Kier molecular flexibility index (Phi) is 2.40. The van der Waals surface area contributed by atoms with Gasteiger partial charge < -0.3 is 9.72 Å². The van der Waals surface area contributed by atoms with Crippen LogP contribution in [-0.2, 0) is 0 Å². The van der Waals surface area contributed by atoms with E-state index in [9.17, 15) is 4.79 Å². The summed E-state index contributed by atoms with van der Waals surface area (Å²) >= 11 is 2.18. The zero-order chi connectivity index (χ0) is 10.1. The molecule has 0 unspecified atom stereocenters. The lowest BCUT2D eigenvalue weighted by atomic mass is 10.2. The van der Waals surface area contributed by atoms with Crippen LogP contribution in [0.15, 0.2) is 23.0 Å². The molecule has 0 saturated heterocycles. The molecule has 0 aliphatic heterocycles. The first-order valence-electron chi connectivity index (χ1n) is 3.95. The number of hydrogen-bond donors (Lipinski definition) is 1. The zero-order valence-corrected chi connectivity index (χ0v) is 9.53. The lowest BCUT2D eigenvalue weighted by molar-refractivity contribution is 0.401. The predicted octanol–water partition coefficient (Wildman–Crippen LogP) is 1.54. The minimum absolute atomic E-state index is 0.369. The molecule has 0 aliphatic carbocycles. The second kappa shape index (κ2) is 3.56. The van der Waals surface area contributed by atoms with Gasteiger partial charge in [0.1, 0.15) is 0 Å². The number of aromatic amines is 1. The van der Waals surface area contributed by atoms with Crippen LogP contribution in [-0.4, -0.2) is 17.1 Å². The highest BCUT2D eigenvalue weighted by atomic mass is 127. The normalized spacial score (nSPS) is 10.4. The summed E-state index contributed by atoms with van der Waals surface area (Å²) in [7, 11) is 1.50. The lowest BCUT2D eigenvalue weighted by Crippen LogP contribution is -2.11. The number of rotatable bonds is 1. The van der Waals surface area contributed by atoms with Gasteiger partial charge in [-0.3, -0.25) is 0 Å². The topological polar surface area (TPSA) is 55.0 Å². The highest BCUT2D eigenvalue weighted by Crippen LogP contribution is 2.24. The number of benzene rings is 1. The van der Waals surface area contributed by atoms with Crippen molar-refractivity contribution in [2.75, 3.05) is 7.11 Å². The van der Waals surface area contributed by atoms with Crippen molar-refractivity contribution in [1.82, 2.24) is 9.97 Å². The van der Waals surface area contributed by atoms with Crippen molar-refractivity contribution < 1.29 is 4.74 Å². The van der Waals surface area contributed by atoms with Crippen LogP contribution in [0.5, 0.6) is 5.88 Å². The van der Waals surface area contributed by atoms with Gasteiger partial charge in [0, 0.05) is 3.57 Å². The van der Waals surface area contributed by atoms with Crippen molar-refractivity contribution in [3.8, 4) is 5.88 Å². The summed E-state index contributed by atoms with van der Waals surface area (Å²) in [6, 6.07) is 5.63. The molecular weight excluding hydrogens is 295 g/mol. The summed E-state index contributed by atoms with van der Waals surface area (Å²) in [6.07, 6.45) is 0. The first-order chi connectivity index (χ1) is 6.72. The van der Waals surface area contributed by atoms with Gasteiger partial charge >= 0.3 is 5.69 Å². The maximum absolute atomic E-state index is 11.1. The van der Waals surface area contributed by atoms with Gasteiger partial charge in [-0.25, -0.2) is 4.79 Å². The van der Waals surface area contributed by atoms with Crippen molar-refractivity contribution in [2.24, 2.45) is 0 Å². The average molecular weight is 302 g/mol. The first kappa shape index (κ1) is 9.45. The van der Waals surface area contributed by atoms with E-state index in [1.54, 1.807) is 0 Å². The van der Waals surface area contributed by atoms with E-state index in [0.717, 1.165) is 14.5 Å². The third-order valence-electron chi connectivity index (χ3n) is 1.87. The summed E-state index contributed by atoms with van der Waals surface area (Å²) in [5.74, 6) is 0.369. The fraction of sp³-hybridized carbons (Fsp3) is 0.111. The van der Waals surface area contributed by atoms with Crippen LogP contribution in [0.1, 0.15) is 0 Å². The molecule has 1 N–H and O–H groups in total. The van der Waals surface area contributed by atoms with Gasteiger partial charge in [0.2, 0.25) is 5.88 Å². The SMILES string of the molecule is COc1nc(=O)[nH]c2cccc(I)c12. The molecule has 0 bridgehead atoms. The van der Waals surface area contributed by atoms with Crippen molar-refractivity contribution in [3.63, 3.8) is 0 Å². The predicted molar refractivity (Wildman–Crippen MR) is 61.6 cm³/mol. The van der Waals surface area contributed by atoms with Crippen LogP contribution in [0.4, 0.5) is 0 Å². The Hall–Kier alpha value is -1.11. The molecule has 0 atom stereocenters. The molecular formula is C9H7IN2O2. The number of nitrogens with one attached hydrogen (secondary N) is 1. The van der Waals surface area contributed by atoms with Gasteiger partial charge in [0.05, 0.1) is 18.0 Å². The Morgan fingerprint density at radius 3 is 3.00 bits per heavy atom. The highest BCUT2D eigenvalue weighted by Gasteiger charge is 2.07. The summed E-state index contributed by atoms with van der Waals surface area (Å²) in [6.45, 7) is 0. The quantitative estimate of drug-likeness (QED) is 0.813. The fourth-order valence-electron chi connectivity index (χ4n) is 1.28. The van der Waals surface area contributed by atoms with Crippen LogP contribution in [0.3, 0.4) is 0 Å². The Morgan fingerprint density at radius 1 is 1.50 bits per heavy atom. The molecule has 2 rings (SSSR count). The maximum atomic E-state index is 11.1. The highest BCUT2D eigenvalue weighted by molar-refractivity contribution is 14.1. The Labute approximate surface area is 93.5 Å². The number of ether oxygens (including phenoxy) is 1. The summed E-state index contributed by atoms with van der Waals surface area (Å²) in [4.78, 5) is 17.5. The van der Waals surface area contributed by atoms with Gasteiger partial charge in [0.25, 0.3) is 0 Å². The van der Waals surface area contributed by atoms with E-state index >= 15 is 0 Å². The number of nitrogens with zero attached hydrogens (tertiary/aromatic N) is 1. The van der Waals surface area contributed by atoms with Crippen molar-refractivity contribution in [1.29, 1.82) is 0 Å². The number of halogens is 1. The van der Waals surface area contributed by atoms with Crippen LogP contribution in [0.25, 0.3) is 10.9 Å². The van der Waals surface area contributed by atoms with Gasteiger partial charge in [-0.05, 0) is 34.7 Å². The van der Waals surface area contributed by atoms with E-state index in [4.69, 9.17) is 4.74 Å². The molecule has 4 nitrogen and oxygen atoms in total. The molecule has 2 aromatic rings. The number of aromatic nitrogens is 2. The maximum Gasteiger partial charge on any atom is 0.348 e. The molecule has 72 valence electrons. The Morgan fingerprint density at radius 2 is 2.29 bits per heavy atom. The van der Waals surface area contributed by atoms with E-state index in [-0.39, 0.29) is 0 Å². The fourth-order valence-corrected chi connectivity index (χ4v) is 2.01. The van der Waals surface area contributed by atoms with Crippen LogP contribution >= 0.6 is 22.6 Å². The largest absolute Gasteiger partial charge is 0.480 e. The molecule has 0 radical (unpaired) electrons. The molecule has 0 amide bonds. The molecule has 0 fully saturated rings. The lowest BCUT2D eigenvalue weighted by Gasteiger charge is -2.04. The van der Waals surface area contributed by atoms with Gasteiger partial charge in [-0.15, -0.1) is 0 Å². The van der Waals surface area contributed by atoms with Crippen molar-refractivity contribution in [2.45, 2.75) is 0 Å². The third-order valence-corrected chi connectivity index (χ3v) is 2.76. The molecule has 0 spiro atoms. The summed E-state index contributed by atoms with van der Waals surface area (Å²) in [5, 5.41) is 0.843. The van der Waals surface area contributed by atoms with Gasteiger partial charge in [-0.2, -0.15) is 4.98 Å². The number of hydrogen-bond acceptors (Lipinski definition) is 3. The average Bonchev–Trinajstić information content (AvgIpc) is 2.16. The smallest absolute Gasteiger partial charge is 0.348 e. The monoisotopic (exact) mass is 302 g/mol. The van der Waals surface area contributed by atoms with Crippen LogP contribution < -0.4 is 10.4 Å².